The molecule has 4 heteroatoms. The van der Waals surface area contributed by atoms with Crippen molar-refractivity contribution >= 4 is 17.3 Å². The van der Waals surface area contributed by atoms with Gasteiger partial charge in [-0.3, -0.25) is 4.99 Å². The fourth-order valence-corrected chi connectivity index (χ4v) is 2.37. The first-order valence-electron chi connectivity index (χ1n) is 6.27. The molecule has 0 radical (unpaired) electrons. The summed E-state index contributed by atoms with van der Waals surface area (Å²) in [4.78, 5) is 6.00. The van der Waals surface area contributed by atoms with Gasteiger partial charge in [0.05, 0.1) is 6.54 Å². The zero-order valence-electron chi connectivity index (χ0n) is 11.5. The molecule has 0 saturated heterocycles. The fourth-order valence-electron chi connectivity index (χ4n) is 1.53. The van der Waals surface area contributed by atoms with Crippen LogP contribution in [-0.4, -0.2) is 25.6 Å². The SMILES string of the molecule is C=CCNC(=NCC(C)(C)c1cccs1)NCC. The Labute approximate surface area is 114 Å². The van der Waals surface area contributed by atoms with Gasteiger partial charge in [-0.15, -0.1) is 17.9 Å². The van der Waals surface area contributed by atoms with Gasteiger partial charge >= 0.3 is 0 Å². The van der Waals surface area contributed by atoms with Crippen LogP contribution in [0, 0.1) is 0 Å². The molecule has 1 aromatic rings. The zero-order chi connectivity index (χ0) is 13.4. The molecule has 0 fully saturated rings. The summed E-state index contributed by atoms with van der Waals surface area (Å²) in [5.41, 5.74) is 0.0741. The standard InChI is InChI=1S/C14H23N3S/c1-5-9-16-13(15-6-2)17-11-14(3,4)12-8-7-10-18-12/h5,7-8,10H,1,6,9,11H2,2-4H3,(H2,15,16,17). The van der Waals surface area contributed by atoms with Gasteiger partial charge in [0.25, 0.3) is 0 Å². The summed E-state index contributed by atoms with van der Waals surface area (Å²) in [7, 11) is 0. The maximum atomic E-state index is 4.63. The zero-order valence-corrected chi connectivity index (χ0v) is 12.3. The minimum Gasteiger partial charge on any atom is -0.357 e. The maximum Gasteiger partial charge on any atom is 0.191 e. The molecule has 0 aliphatic heterocycles. The molecule has 0 aliphatic rings. The lowest BCUT2D eigenvalue weighted by atomic mass is 9.92. The van der Waals surface area contributed by atoms with E-state index < -0.39 is 0 Å². The molecule has 0 bridgehead atoms. The molecule has 18 heavy (non-hydrogen) atoms. The average Bonchev–Trinajstić information content (AvgIpc) is 2.87. The summed E-state index contributed by atoms with van der Waals surface area (Å²) in [6, 6.07) is 4.26. The van der Waals surface area contributed by atoms with Crippen LogP contribution in [0.1, 0.15) is 25.6 Å². The minimum atomic E-state index is 0.0741. The molecule has 0 aromatic carbocycles. The van der Waals surface area contributed by atoms with E-state index in [1.807, 2.05) is 6.08 Å². The lowest BCUT2D eigenvalue weighted by Gasteiger charge is -2.21. The van der Waals surface area contributed by atoms with Gasteiger partial charge in [0, 0.05) is 23.4 Å². The molecule has 1 rings (SSSR count). The van der Waals surface area contributed by atoms with Crippen molar-refractivity contribution in [3.8, 4) is 0 Å². The molecular weight excluding hydrogens is 242 g/mol. The van der Waals surface area contributed by atoms with Gasteiger partial charge in [0.15, 0.2) is 5.96 Å². The first-order valence-corrected chi connectivity index (χ1v) is 7.15. The number of rotatable bonds is 6. The Hall–Kier alpha value is -1.29. The number of aliphatic imine (C=N–C) groups is 1. The highest BCUT2D eigenvalue weighted by molar-refractivity contribution is 7.10. The third-order valence-corrected chi connectivity index (χ3v) is 3.81. The molecule has 1 aromatic heterocycles. The molecule has 0 atom stereocenters. The lowest BCUT2D eigenvalue weighted by Crippen LogP contribution is -2.38. The van der Waals surface area contributed by atoms with Crippen molar-refractivity contribution in [1.82, 2.24) is 10.6 Å². The van der Waals surface area contributed by atoms with Crippen LogP contribution in [-0.2, 0) is 5.41 Å². The first-order chi connectivity index (χ1) is 8.60. The van der Waals surface area contributed by atoms with Crippen LogP contribution in [0.2, 0.25) is 0 Å². The number of nitrogens with zero attached hydrogens (tertiary/aromatic N) is 1. The predicted molar refractivity (Wildman–Crippen MR) is 81.5 cm³/mol. The third kappa shape index (κ3) is 4.53. The fraction of sp³-hybridized carbons (Fsp3) is 0.500. The van der Waals surface area contributed by atoms with Crippen LogP contribution in [0.25, 0.3) is 0 Å². The topological polar surface area (TPSA) is 36.4 Å². The number of hydrogen-bond donors (Lipinski definition) is 2. The second-order valence-corrected chi connectivity index (χ2v) is 5.67. The van der Waals surface area contributed by atoms with Gasteiger partial charge in [-0.25, -0.2) is 0 Å². The molecule has 1 heterocycles. The van der Waals surface area contributed by atoms with E-state index in [1.165, 1.54) is 4.88 Å². The van der Waals surface area contributed by atoms with Crippen molar-refractivity contribution in [1.29, 1.82) is 0 Å². The minimum absolute atomic E-state index is 0.0741. The maximum absolute atomic E-state index is 4.63. The van der Waals surface area contributed by atoms with E-state index in [2.05, 4.69) is 60.5 Å². The van der Waals surface area contributed by atoms with E-state index in [9.17, 15) is 0 Å². The van der Waals surface area contributed by atoms with Crippen molar-refractivity contribution in [3.05, 3.63) is 35.0 Å². The molecular formula is C14H23N3S. The van der Waals surface area contributed by atoms with Crippen molar-refractivity contribution in [2.75, 3.05) is 19.6 Å². The Kier molecular flexibility index (Phi) is 5.92. The Morgan fingerprint density at radius 2 is 2.28 bits per heavy atom. The summed E-state index contributed by atoms with van der Waals surface area (Å²) in [5.74, 6) is 0.849. The highest BCUT2D eigenvalue weighted by Crippen LogP contribution is 2.27. The van der Waals surface area contributed by atoms with E-state index in [0.29, 0.717) is 0 Å². The summed E-state index contributed by atoms with van der Waals surface area (Å²) >= 11 is 1.79. The second kappa shape index (κ2) is 7.21. The van der Waals surface area contributed by atoms with Gasteiger partial charge in [-0.05, 0) is 18.4 Å². The number of thiophene rings is 1. The van der Waals surface area contributed by atoms with E-state index >= 15 is 0 Å². The smallest absolute Gasteiger partial charge is 0.191 e. The average molecular weight is 265 g/mol. The number of guanidine groups is 1. The largest absolute Gasteiger partial charge is 0.357 e. The lowest BCUT2D eigenvalue weighted by molar-refractivity contribution is 0.549. The first kappa shape index (κ1) is 14.8. The third-order valence-electron chi connectivity index (χ3n) is 2.58. The molecule has 100 valence electrons. The van der Waals surface area contributed by atoms with Crippen LogP contribution >= 0.6 is 11.3 Å². The van der Waals surface area contributed by atoms with Gasteiger partial charge in [0.2, 0.25) is 0 Å². The Balaban J connectivity index is 2.65. The van der Waals surface area contributed by atoms with Gasteiger partial charge in [-0.2, -0.15) is 0 Å². The molecule has 3 nitrogen and oxygen atoms in total. The van der Waals surface area contributed by atoms with Crippen molar-refractivity contribution in [2.45, 2.75) is 26.2 Å². The molecule has 0 amide bonds. The monoisotopic (exact) mass is 265 g/mol. The van der Waals surface area contributed by atoms with Crippen LogP contribution < -0.4 is 10.6 Å². The number of nitrogens with one attached hydrogen (secondary N) is 2. The van der Waals surface area contributed by atoms with Gasteiger partial charge in [-0.1, -0.05) is 26.0 Å². The van der Waals surface area contributed by atoms with Gasteiger partial charge in [0.1, 0.15) is 0 Å². The molecule has 0 spiro atoms. The Morgan fingerprint density at radius 3 is 2.83 bits per heavy atom. The molecule has 0 unspecified atom stereocenters. The molecule has 0 saturated carbocycles. The van der Waals surface area contributed by atoms with E-state index in [-0.39, 0.29) is 5.41 Å². The quantitative estimate of drug-likeness (QED) is 0.471. The van der Waals surface area contributed by atoms with Crippen molar-refractivity contribution < 1.29 is 0 Å². The van der Waals surface area contributed by atoms with Crippen LogP contribution in [0.4, 0.5) is 0 Å². The van der Waals surface area contributed by atoms with Crippen molar-refractivity contribution in [2.24, 2.45) is 4.99 Å². The molecule has 2 N–H and O–H groups in total. The second-order valence-electron chi connectivity index (χ2n) is 4.73. The summed E-state index contributed by atoms with van der Waals surface area (Å²) in [5, 5.41) is 8.56. The van der Waals surface area contributed by atoms with Crippen LogP contribution in [0.15, 0.2) is 35.2 Å². The van der Waals surface area contributed by atoms with Gasteiger partial charge < -0.3 is 10.6 Å². The van der Waals surface area contributed by atoms with Crippen molar-refractivity contribution in [3.63, 3.8) is 0 Å². The Bertz CT molecular complexity index is 380. The molecule has 0 aliphatic carbocycles. The predicted octanol–water partition coefficient (Wildman–Crippen LogP) is 2.77. The number of hydrogen-bond acceptors (Lipinski definition) is 2. The normalized spacial score (nSPS) is 12.3. The van der Waals surface area contributed by atoms with E-state index in [4.69, 9.17) is 0 Å². The van der Waals surface area contributed by atoms with E-state index in [0.717, 1.165) is 25.6 Å². The Morgan fingerprint density at radius 1 is 1.50 bits per heavy atom. The summed E-state index contributed by atoms with van der Waals surface area (Å²) in [6.45, 7) is 12.6. The highest BCUT2D eigenvalue weighted by atomic mass is 32.1. The highest BCUT2D eigenvalue weighted by Gasteiger charge is 2.21. The van der Waals surface area contributed by atoms with Crippen LogP contribution in [0.3, 0.4) is 0 Å². The summed E-state index contributed by atoms with van der Waals surface area (Å²) in [6.07, 6.45) is 1.83. The van der Waals surface area contributed by atoms with Crippen LogP contribution in [0.5, 0.6) is 0 Å². The summed E-state index contributed by atoms with van der Waals surface area (Å²) < 4.78 is 0. The van der Waals surface area contributed by atoms with E-state index in [1.54, 1.807) is 11.3 Å².